The van der Waals surface area contributed by atoms with Gasteiger partial charge >= 0.3 is 0 Å². The summed E-state index contributed by atoms with van der Waals surface area (Å²) in [6, 6.07) is 19.6. The lowest BCUT2D eigenvalue weighted by atomic mass is 9.92. The molecular weight excluding hydrogens is 438 g/mol. The van der Waals surface area contributed by atoms with Gasteiger partial charge in [0.1, 0.15) is 0 Å². The summed E-state index contributed by atoms with van der Waals surface area (Å²) in [6.07, 6.45) is 0. The van der Waals surface area contributed by atoms with Crippen molar-refractivity contribution in [2.45, 2.75) is 99.0 Å². The molecule has 0 saturated heterocycles. The summed E-state index contributed by atoms with van der Waals surface area (Å²) >= 11 is 0. The zero-order valence-electron chi connectivity index (χ0n) is 24.0. The van der Waals surface area contributed by atoms with Gasteiger partial charge in [0.2, 0.25) is 0 Å². The minimum absolute atomic E-state index is 0.0734. The second kappa shape index (κ2) is 11.9. The molecule has 1 unspecified atom stereocenters. The van der Waals surface area contributed by atoms with Gasteiger partial charge in [-0.2, -0.15) is 0 Å². The SMILES string of the molecule is CC(=Nc1c(C(C)C)cccc1C(C)C)c1cccc(C(C)Nc2c(C(C)C)cccc2C(C)C)n1. The Hall–Kier alpha value is -2.94. The summed E-state index contributed by atoms with van der Waals surface area (Å²) in [5.74, 6) is 1.72. The number of aromatic nitrogens is 1. The van der Waals surface area contributed by atoms with E-state index in [4.69, 9.17) is 9.98 Å². The van der Waals surface area contributed by atoms with Crippen LogP contribution in [0.3, 0.4) is 0 Å². The standard InChI is InChI=1S/C33H45N3/c1-20(2)26-14-11-15-27(21(3)4)32(26)34-24(9)30-18-13-19-31(36-30)25(10)35-33-28(22(5)6)16-12-17-29(33)23(7)8/h11-24,34H,1-10H3. The Morgan fingerprint density at radius 3 is 1.56 bits per heavy atom. The van der Waals surface area contributed by atoms with Crippen LogP contribution in [0.15, 0.2) is 59.6 Å². The Balaban J connectivity index is 1.99. The van der Waals surface area contributed by atoms with Gasteiger partial charge in [-0.3, -0.25) is 4.99 Å². The zero-order chi connectivity index (χ0) is 26.6. The third kappa shape index (κ3) is 6.24. The lowest BCUT2D eigenvalue weighted by Gasteiger charge is -2.24. The van der Waals surface area contributed by atoms with Gasteiger partial charge in [-0.25, -0.2) is 4.98 Å². The van der Waals surface area contributed by atoms with Crippen LogP contribution in [-0.4, -0.2) is 10.7 Å². The summed E-state index contributed by atoms with van der Waals surface area (Å²) in [4.78, 5) is 10.2. The largest absolute Gasteiger partial charge is 0.376 e. The fourth-order valence-electron chi connectivity index (χ4n) is 4.77. The van der Waals surface area contributed by atoms with Crippen LogP contribution in [0.25, 0.3) is 0 Å². The number of pyridine rings is 1. The second-order valence-electron chi connectivity index (χ2n) is 11.2. The minimum Gasteiger partial charge on any atom is -0.376 e. The Bertz CT molecular complexity index is 1150. The highest BCUT2D eigenvalue weighted by atomic mass is 15.0. The predicted octanol–water partition coefficient (Wildman–Crippen LogP) is 9.89. The number of aliphatic imine (C=N–C) groups is 1. The highest BCUT2D eigenvalue weighted by molar-refractivity contribution is 5.99. The van der Waals surface area contributed by atoms with Crippen LogP contribution in [0.5, 0.6) is 0 Å². The van der Waals surface area contributed by atoms with Crippen molar-refractivity contribution in [1.29, 1.82) is 0 Å². The van der Waals surface area contributed by atoms with Crippen LogP contribution in [0.1, 0.15) is 133 Å². The molecule has 1 N–H and O–H groups in total. The van der Waals surface area contributed by atoms with E-state index in [9.17, 15) is 0 Å². The van der Waals surface area contributed by atoms with E-state index in [1.54, 1.807) is 0 Å². The van der Waals surface area contributed by atoms with E-state index in [0.29, 0.717) is 23.7 Å². The third-order valence-electron chi connectivity index (χ3n) is 6.94. The molecule has 1 atom stereocenters. The van der Waals surface area contributed by atoms with Crippen LogP contribution in [0.4, 0.5) is 11.4 Å². The number of para-hydroxylation sites is 2. The number of rotatable bonds is 9. The molecule has 0 bridgehead atoms. The molecule has 1 aromatic heterocycles. The zero-order valence-corrected chi connectivity index (χ0v) is 24.0. The van der Waals surface area contributed by atoms with Crippen LogP contribution >= 0.6 is 0 Å². The highest BCUT2D eigenvalue weighted by Crippen LogP contribution is 2.36. The van der Waals surface area contributed by atoms with Crippen molar-refractivity contribution in [3.8, 4) is 0 Å². The molecule has 0 aliphatic carbocycles. The van der Waals surface area contributed by atoms with Gasteiger partial charge in [0, 0.05) is 5.69 Å². The van der Waals surface area contributed by atoms with E-state index in [-0.39, 0.29) is 6.04 Å². The van der Waals surface area contributed by atoms with Crippen molar-refractivity contribution in [3.05, 3.63) is 88.2 Å². The fourth-order valence-corrected chi connectivity index (χ4v) is 4.77. The number of anilines is 1. The lowest BCUT2D eigenvalue weighted by Crippen LogP contribution is -2.14. The molecule has 3 aromatic rings. The van der Waals surface area contributed by atoms with E-state index >= 15 is 0 Å². The maximum absolute atomic E-state index is 5.16. The third-order valence-corrected chi connectivity index (χ3v) is 6.94. The van der Waals surface area contributed by atoms with Crippen LogP contribution in [0.2, 0.25) is 0 Å². The molecule has 3 heteroatoms. The lowest BCUT2D eigenvalue weighted by molar-refractivity contribution is 0.796. The first-order chi connectivity index (χ1) is 17.0. The Kier molecular flexibility index (Phi) is 9.11. The molecule has 2 aromatic carbocycles. The molecule has 0 fully saturated rings. The Morgan fingerprint density at radius 1 is 0.639 bits per heavy atom. The number of nitrogens with one attached hydrogen (secondary N) is 1. The number of nitrogens with zero attached hydrogens (tertiary/aromatic N) is 2. The van der Waals surface area contributed by atoms with Crippen molar-refractivity contribution >= 4 is 17.1 Å². The van der Waals surface area contributed by atoms with Crippen molar-refractivity contribution in [3.63, 3.8) is 0 Å². The number of benzene rings is 2. The van der Waals surface area contributed by atoms with Crippen molar-refractivity contribution in [2.75, 3.05) is 5.32 Å². The first-order valence-corrected chi connectivity index (χ1v) is 13.6. The van der Waals surface area contributed by atoms with E-state index in [2.05, 4.69) is 129 Å². The van der Waals surface area contributed by atoms with Gasteiger partial charge in [0.25, 0.3) is 0 Å². The summed E-state index contributed by atoms with van der Waals surface area (Å²) < 4.78 is 0. The highest BCUT2D eigenvalue weighted by Gasteiger charge is 2.18. The van der Waals surface area contributed by atoms with Crippen molar-refractivity contribution in [2.24, 2.45) is 4.99 Å². The second-order valence-corrected chi connectivity index (χ2v) is 11.2. The molecule has 3 rings (SSSR count). The number of hydrogen-bond acceptors (Lipinski definition) is 3. The topological polar surface area (TPSA) is 37.3 Å². The van der Waals surface area contributed by atoms with Gasteiger partial charge < -0.3 is 5.32 Å². The van der Waals surface area contributed by atoms with Gasteiger partial charge in [0.05, 0.1) is 28.8 Å². The summed E-state index contributed by atoms with van der Waals surface area (Å²) in [7, 11) is 0. The fraction of sp³-hybridized carbons (Fsp3) is 0.455. The maximum Gasteiger partial charge on any atom is 0.0846 e. The quantitative estimate of drug-likeness (QED) is 0.307. The first kappa shape index (κ1) is 27.6. The van der Waals surface area contributed by atoms with E-state index in [1.807, 2.05) is 0 Å². The van der Waals surface area contributed by atoms with Gasteiger partial charge in [-0.1, -0.05) is 97.9 Å². The molecule has 0 aliphatic rings. The minimum atomic E-state index is 0.0734. The summed E-state index contributed by atoms with van der Waals surface area (Å²) in [5.41, 5.74) is 10.5. The van der Waals surface area contributed by atoms with Gasteiger partial charge in [0.15, 0.2) is 0 Å². The predicted molar refractivity (Wildman–Crippen MR) is 157 cm³/mol. The first-order valence-electron chi connectivity index (χ1n) is 13.6. The van der Waals surface area contributed by atoms with E-state index < -0.39 is 0 Å². The van der Waals surface area contributed by atoms with E-state index in [1.165, 1.54) is 27.9 Å². The molecule has 0 spiro atoms. The van der Waals surface area contributed by atoms with Crippen LogP contribution < -0.4 is 5.32 Å². The molecular formula is C33H45N3. The average molecular weight is 484 g/mol. The molecule has 1 heterocycles. The van der Waals surface area contributed by atoms with E-state index in [0.717, 1.165) is 22.8 Å². The smallest absolute Gasteiger partial charge is 0.0846 e. The molecule has 0 amide bonds. The molecule has 0 radical (unpaired) electrons. The van der Waals surface area contributed by atoms with Gasteiger partial charge in [-0.05, 0) is 71.9 Å². The Labute approximate surface area is 219 Å². The van der Waals surface area contributed by atoms with Crippen molar-refractivity contribution < 1.29 is 0 Å². The number of hydrogen-bond donors (Lipinski definition) is 1. The summed E-state index contributed by atoms with van der Waals surface area (Å²) in [5, 5.41) is 3.82. The van der Waals surface area contributed by atoms with Gasteiger partial charge in [-0.15, -0.1) is 0 Å². The molecule has 0 aliphatic heterocycles. The van der Waals surface area contributed by atoms with Crippen LogP contribution in [0, 0.1) is 0 Å². The van der Waals surface area contributed by atoms with Crippen molar-refractivity contribution in [1.82, 2.24) is 4.98 Å². The normalized spacial score (nSPS) is 13.2. The van der Waals surface area contributed by atoms with Crippen LogP contribution in [-0.2, 0) is 0 Å². The molecule has 3 nitrogen and oxygen atoms in total. The monoisotopic (exact) mass is 483 g/mol. The maximum atomic E-state index is 5.16. The molecule has 0 saturated carbocycles. The average Bonchev–Trinajstić information content (AvgIpc) is 2.83. The summed E-state index contributed by atoms with van der Waals surface area (Å²) in [6.45, 7) is 22.3. The Morgan fingerprint density at radius 2 is 1.08 bits per heavy atom. The molecule has 36 heavy (non-hydrogen) atoms. The molecule has 192 valence electrons.